The highest BCUT2D eigenvalue weighted by Crippen LogP contribution is 2.27. The number of rotatable bonds is 7. The Morgan fingerprint density at radius 2 is 1.78 bits per heavy atom. The highest BCUT2D eigenvalue weighted by molar-refractivity contribution is 14.0. The summed E-state index contributed by atoms with van der Waals surface area (Å²) in [6, 6.07) is 5.82. The largest absolute Gasteiger partial charge is 0.493 e. The van der Waals surface area contributed by atoms with Crippen molar-refractivity contribution in [2.24, 2.45) is 10.9 Å². The first-order valence-corrected chi connectivity index (χ1v) is 11.0. The van der Waals surface area contributed by atoms with E-state index in [4.69, 9.17) is 19.2 Å². The predicted octanol–water partition coefficient (Wildman–Crippen LogP) is 4.02. The third-order valence-electron chi connectivity index (χ3n) is 5.04. The lowest BCUT2D eigenvalue weighted by Gasteiger charge is -2.33. The van der Waals surface area contributed by atoms with E-state index in [1.54, 1.807) is 19.1 Å². The highest BCUT2D eigenvalue weighted by atomic mass is 127. The van der Waals surface area contributed by atoms with Crippen LogP contribution in [0.1, 0.15) is 46.1 Å². The van der Waals surface area contributed by atoms with Gasteiger partial charge in [-0.25, -0.2) is 9.79 Å². The number of aliphatic imine (C=N–C) groups is 1. The minimum Gasteiger partial charge on any atom is -0.493 e. The molecule has 32 heavy (non-hydrogen) atoms. The van der Waals surface area contributed by atoms with Crippen molar-refractivity contribution in [3.8, 4) is 11.5 Å². The third kappa shape index (κ3) is 9.30. The van der Waals surface area contributed by atoms with E-state index < -0.39 is 5.60 Å². The Bertz CT molecular complexity index is 744. The van der Waals surface area contributed by atoms with E-state index in [-0.39, 0.29) is 30.1 Å². The summed E-state index contributed by atoms with van der Waals surface area (Å²) in [6.45, 7) is 11.3. The van der Waals surface area contributed by atoms with E-state index >= 15 is 0 Å². The molecule has 9 heteroatoms. The van der Waals surface area contributed by atoms with Crippen molar-refractivity contribution in [1.82, 2.24) is 15.5 Å². The number of nitrogens with one attached hydrogen (secondary N) is 2. The van der Waals surface area contributed by atoms with Crippen LogP contribution in [0.2, 0.25) is 0 Å². The van der Waals surface area contributed by atoms with Crippen molar-refractivity contribution in [3.05, 3.63) is 23.8 Å². The Morgan fingerprint density at radius 3 is 2.34 bits per heavy atom. The fraction of sp³-hybridized carbons (Fsp3) is 0.652. The normalized spacial score (nSPS) is 14.9. The van der Waals surface area contributed by atoms with Crippen LogP contribution >= 0.6 is 24.0 Å². The Hall–Kier alpha value is -1.91. The number of carbonyl (C=O) groups is 1. The average molecular weight is 562 g/mol. The molecule has 0 aliphatic carbocycles. The number of methoxy groups -OCH3 is 2. The van der Waals surface area contributed by atoms with Gasteiger partial charge in [0.25, 0.3) is 0 Å². The second-order valence-corrected chi connectivity index (χ2v) is 8.68. The van der Waals surface area contributed by atoms with E-state index in [2.05, 4.69) is 10.6 Å². The molecular formula is C23H39IN4O4. The van der Waals surface area contributed by atoms with Crippen LogP contribution in [0.15, 0.2) is 23.2 Å². The van der Waals surface area contributed by atoms with Gasteiger partial charge in [0, 0.05) is 26.2 Å². The second-order valence-electron chi connectivity index (χ2n) is 8.68. The Morgan fingerprint density at radius 1 is 1.12 bits per heavy atom. The number of hydrogen-bond donors (Lipinski definition) is 2. The van der Waals surface area contributed by atoms with E-state index in [1.807, 2.05) is 45.9 Å². The van der Waals surface area contributed by atoms with Crippen LogP contribution in [-0.4, -0.2) is 63.0 Å². The summed E-state index contributed by atoms with van der Waals surface area (Å²) in [5, 5.41) is 6.74. The first-order chi connectivity index (χ1) is 14.8. The molecule has 0 bridgehead atoms. The van der Waals surface area contributed by atoms with Gasteiger partial charge in [0.1, 0.15) is 5.60 Å². The topological polar surface area (TPSA) is 84.4 Å². The molecule has 1 fully saturated rings. The number of benzene rings is 1. The van der Waals surface area contributed by atoms with Gasteiger partial charge in [0.15, 0.2) is 17.5 Å². The molecule has 2 rings (SSSR count). The van der Waals surface area contributed by atoms with Crippen molar-refractivity contribution in [1.29, 1.82) is 0 Å². The van der Waals surface area contributed by atoms with Gasteiger partial charge in [0.05, 0.1) is 20.8 Å². The third-order valence-corrected chi connectivity index (χ3v) is 5.04. The molecule has 0 saturated carbocycles. The number of amides is 1. The summed E-state index contributed by atoms with van der Waals surface area (Å²) in [7, 11) is 3.26. The Balaban J connectivity index is 0.00000512. The van der Waals surface area contributed by atoms with Crippen LogP contribution in [0.5, 0.6) is 11.5 Å². The second kappa shape index (κ2) is 13.6. The smallest absolute Gasteiger partial charge is 0.410 e. The van der Waals surface area contributed by atoms with Crippen LogP contribution in [0.25, 0.3) is 0 Å². The van der Waals surface area contributed by atoms with E-state index in [0.29, 0.717) is 24.0 Å². The SMILES string of the molecule is CCNC(=NCc1ccc(OC)c(OC)c1)NCC1CCN(C(=O)OC(C)(C)C)CC1.I. The molecule has 1 aliphatic heterocycles. The lowest BCUT2D eigenvalue weighted by atomic mass is 9.97. The first-order valence-electron chi connectivity index (χ1n) is 11.0. The van der Waals surface area contributed by atoms with Gasteiger partial charge in [-0.2, -0.15) is 0 Å². The summed E-state index contributed by atoms with van der Waals surface area (Å²) < 4.78 is 16.1. The number of ether oxygens (including phenoxy) is 3. The summed E-state index contributed by atoms with van der Waals surface area (Å²) in [6.07, 6.45) is 1.67. The zero-order valence-corrected chi connectivity index (χ0v) is 22.5. The molecule has 0 aromatic heterocycles. The lowest BCUT2D eigenvalue weighted by Crippen LogP contribution is -2.45. The van der Waals surface area contributed by atoms with Crippen molar-refractivity contribution >= 4 is 36.0 Å². The molecule has 2 N–H and O–H groups in total. The number of guanidine groups is 1. The molecule has 1 amide bonds. The van der Waals surface area contributed by atoms with Crippen LogP contribution < -0.4 is 20.1 Å². The Labute approximate surface area is 209 Å². The number of likely N-dealkylation sites (tertiary alicyclic amines) is 1. The highest BCUT2D eigenvalue weighted by Gasteiger charge is 2.26. The van der Waals surface area contributed by atoms with Crippen molar-refractivity contribution in [2.45, 2.75) is 52.7 Å². The fourth-order valence-electron chi connectivity index (χ4n) is 3.38. The lowest BCUT2D eigenvalue weighted by molar-refractivity contribution is 0.0185. The van der Waals surface area contributed by atoms with Crippen molar-refractivity contribution in [2.75, 3.05) is 40.4 Å². The standard InChI is InChI=1S/C23H38N4O4.HI/c1-7-24-21(26-16-18-8-9-19(29-5)20(14-18)30-6)25-15-17-10-12-27(13-11-17)22(28)31-23(2,3)4;/h8-9,14,17H,7,10-13,15-16H2,1-6H3,(H2,24,25,26);1H. The predicted molar refractivity (Wildman–Crippen MR) is 138 cm³/mol. The first kappa shape index (κ1) is 28.1. The number of piperidine rings is 1. The molecule has 8 nitrogen and oxygen atoms in total. The number of hydrogen-bond acceptors (Lipinski definition) is 5. The minimum absolute atomic E-state index is 0. The molecule has 1 aromatic rings. The average Bonchev–Trinajstić information content (AvgIpc) is 2.74. The van der Waals surface area contributed by atoms with Crippen molar-refractivity contribution < 1.29 is 19.0 Å². The zero-order valence-electron chi connectivity index (χ0n) is 20.2. The maximum absolute atomic E-state index is 12.2. The van der Waals surface area contributed by atoms with E-state index in [1.165, 1.54) is 0 Å². The van der Waals surface area contributed by atoms with Crippen molar-refractivity contribution in [3.63, 3.8) is 0 Å². The molecule has 1 aromatic carbocycles. The molecule has 1 heterocycles. The van der Waals surface area contributed by atoms with Gasteiger partial charge in [-0.15, -0.1) is 24.0 Å². The number of carbonyl (C=O) groups excluding carboxylic acids is 1. The molecular weight excluding hydrogens is 523 g/mol. The van der Waals surface area contributed by atoms with Crippen LogP contribution in [0.4, 0.5) is 4.79 Å². The van der Waals surface area contributed by atoms with Gasteiger partial charge in [-0.1, -0.05) is 6.07 Å². The van der Waals surface area contributed by atoms with Gasteiger partial charge < -0.3 is 29.7 Å². The minimum atomic E-state index is -0.458. The fourth-order valence-corrected chi connectivity index (χ4v) is 3.38. The van der Waals surface area contributed by atoms with E-state index in [9.17, 15) is 4.79 Å². The molecule has 1 aliphatic rings. The maximum atomic E-state index is 12.2. The molecule has 182 valence electrons. The van der Waals surface area contributed by atoms with Gasteiger partial charge >= 0.3 is 6.09 Å². The molecule has 0 unspecified atom stereocenters. The monoisotopic (exact) mass is 562 g/mol. The maximum Gasteiger partial charge on any atom is 0.410 e. The zero-order chi connectivity index (χ0) is 22.9. The van der Waals surface area contributed by atoms with Gasteiger partial charge in [0.2, 0.25) is 0 Å². The van der Waals surface area contributed by atoms with Gasteiger partial charge in [-0.3, -0.25) is 0 Å². The summed E-state index contributed by atoms with van der Waals surface area (Å²) >= 11 is 0. The van der Waals surface area contributed by atoms with Crippen LogP contribution in [0, 0.1) is 5.92 Å². The molecule has 0 spiro atoms. The van der Waals surface area contributed by atoms with Crippen LogP contribution in [-0.2, 0) is 11.3 Å². The molecule has 0 radical (unpaired) electrons. The quantitative estimate of drug-likeness (QED) is 0.297. The summed E-state index contributed by atoms with van der Waals surface area (Å²) in [5.41, 5.74) is 0.584. The summed E-state index contributed by atoms with van der Waals surface area (Å²) in [4.78, 5) is 18.7. The van der Waals surface area contributed by atoms with E-state index in [0.717, 1.165) is 50.5 Å². The number of nitrogens with zero attached hydrogens (tertiary/aromatic N) is 2. The number of halogens is 1. The summed E-state index contributed by atoms with van der Waals surface area (Å²) in [5.74, 6) is 2.68. The Kier molecular flexibility index (Phi) is 11.9. The molecule has 1 saturated heterocycles. The van der Waals surface area contributed by atoms with Gasteiger partial charge in [-0.05, 0) is 64.2 Å². The van der Waals surface area contributed by atoms with Crippen LogP contribution in [0.3, 0.4) is 0 Å². The molecule has 0 atom stereocenters.